The van der Waals surface area contributed by atoms with Crippen LogP contribution in [0.15, 0.2) is 30.3 Å². The molecule has 1 aromatic rings. The summed E-state index contributed by atoms with van der Waals surface area (Å²) < 4.78 is 75.8. The summed E-state index contributed by atoms with van der Waals surface area (Å²) in [7, 11) is 0. The number of benzene rings is 1. The van der Waals surface area contributed by atoms with E-state index in [0.717, 1.165) is 37.0 Å². The van der Waals surface area contributed by atoms with E-state index in [0.29, 0.717) is 5.56 Å². The monoisotopic (exact) mass is 436 g/mol. The number of anilines is 1. The summed E-state index contributed by atoms with van der Waals surface area (Å²) in [6, 6.07) is 5.73. The summed E-state index contributed by atoms with van der Waals surface area (Å²) >= 11 is 0. The number of rotatable bonds is 6. The molecule has 1 N–H and O–H groups in total. The first-order valence-corrected chi connectivity index (χ1v) is 9.49. The van der Waals surface area contributed by atoms with Crippen molar-refractivity contribution in [1.82, 2.24) is 5.32 Å². The van der Waals surface area contributed by atoms with Crippen LogP contribution >= 0.6 is 0 Å². The smallest absolute Gasteiger partial charge is 0.345 e. The molecule has 166 valence electrons. The fourth-order valence-electron chi connectivity index (χ4n) is 3.33. The molecule has 4 nitrogen and oxygen atoms in total. The zero-order chi connectivity index (χ0) is 22.4. The lowest BCUT2D eigenvalue weighted by molar-refractivity contribution is -0.173. The van der Waals surface area contributed by atoms with Gasteiger partial charge in [0.25, 0.3) is 0 Å². The van der Waals surface area contributed by atoms with Gasteiger partial charge in [0, 0.05) is 18.8 Å². The number of alkyl halides is 6. The van der Waals surface area contributed by atoms with Gasteiger partial charge in [-0.2, -0.15) is 26.3 Å². The van der Waals surface area contributed by atoms with Gasteiger partial charge in [0.2, 0.25) is 0 Å². The van der Waals surface area contributed by atoms with Crippen LogP contribution in [0.4, 0.5) is 32.0 Å². The summed E-state index contributed by atoms with van der Waals surface area (Å²) in [6.45, 7) is -0.455. The van der Waals surface area contributed by atoms with Gasteiger partial charge < -0.3 is 10.2 Å². The average Bonchev–Trinajstić information content (AvgIpc) is 2.68. The number of nitrogens with zero attached hydrogens (tertiary/aromatic N) is 1. The molecule has 2 rings (SSSR count). The Labute approximate surface area is 169 Å². The minimum atomic E-state index is -5.03. The van der Waals surface area contributed by atoms with Crippen molar-refractivity contribution in [3.05, 3.63) is 35.9 Å². The number of hydrogen-bond acceptors (Lipinski definition) is 2. The minimum absolute atomic E-state index is 0.0261. The molecule has 10 heteroatoms. The molecule has 1 aliphatic rings. The van der Waals surface area contributed by atoms with Gasteiger partial charge in [-0.3, -0.25) is 9.59 Å². The van der Waals surface area contributed by atoms with Gasteiger partial charge in [-0.15, -0.1) is 0 Å². The van der Waals surface area contributed by atoms with Crippen molar-refractivity contribution in [3.8, 4) is 0 Å². The van der Waals surface area contributed by atoms with E-state index >= 15 is 0 Å². The SMILES string of the molecule is O=C(NCC=Cc1cccc(N(CC2CCCCC2)C(=O)C(F)(F)F)c1)C(F)(F)F. The third kappa shape index (κ3) is 7.07. The van der Waals surface area contributed by atoms with E-state index in [1.165, 1.54) is 36.4 Å². The molecule has 2 amide bonds. The van der Waals surface area contributed by atoms with E-state index in [-0.39, 0.29) is 18.2 Å². The topological polar surface area (TPSA) is 49.4 Å². The number of halogens is 6. The van der Waals surface area contributed by atoms with E-state index in [1.54, 1.807) is 5.32 Å². The maximum Gasteiger partial charge on any atom is 0.471 e. The second-order valence-electron chi connectivity index (χ2n) is 7.12. The number of carbonyl (C=O) groups is 2. The highest BCUT2D eigenvalue weighted by molar-refractivity contribution is 5.97. The van der Waals surface area contributed by atoms with Crippen molar-refractivity contribution < 1.29 is 35.9 Å². The molecule has 30 heavy (non-hydrogen) atoms. The second-order valence-corrected chi connectivity index (χ2v) is 7.12. The number of carbonyl (C=O) groups excluding carboxylic acids is 2. The zero-order valence-electron chi connectivity index (χ0n) is 16.0. The fraction of sp³-hybridized carbons (Fsp3) is 0.500. The van der Waals surface area contributed by atoms with E-state index in [1.807, 2.05) is 0 Å². The molecule has 0 bridgehead atoms. The van der Waals surface area contributed by atoms with E-state index < -0.39 is 30.7 Å². The van der Waals surface area contributed by atoms with Gasteiger partial charge in [-0.05, 0) is 36.5 Å². The Bertz CT molecular complexity index is 767. The van der Waals surface area contributed by atoms with Crippen LogP contribution < -0.4 is 10.2 Å². The highest BCUT2D eigenvalue weighted by Gasteiger charge is 2.43. The summed E-state index contributed by atoms with van der Waals surface area (Å²) in [4.78, 5) is 23.5. The van der Waals surface area contributed by atoms with Crippen molar-refractivity contribution in [2.24, 2.45) is 5.92 Å². The Kier molecular flexibility index (Phi) is 7.91. The first-order valence-electron chi connectivity index (χ1n) is 9.49. The minimum Gasteiger partial charge on any atom is -0.345 e. The van der Waals surface area contributed by atoms with Crippen LogP contribution in [0.5, 0.6) is 0 Å². The average molecular weight is 436 g/mol. The van der Waals surface area contributed by atoms with Gasteiger partial charge in [-0.1, -0.05) is 43.5 Å². The standard InChI is InChI=1S/C20H22F6N2O2/c21-19(22,23)17(29)27-11-5-9-14-8-4-10-16(12-14)28(18(30)20(24,25)26)13-15-6-2-1-3-7-15/h4-5,8-10,12,15H,1-3,6-7,11,13H2,(H,27,29). The molecule has 1 aromatic carbocycles. The molecule has 1 saturated carbocycles. The Balaban J connectivity index is 2.13. The Morgan fingerprint density at radius 1 is 1.03 bits per heavy atom. The summed E-state index contributed by atoms with van der Waals surface area (Å²) in [5.74, 6) is -4.07. The number of amides is 2. The number of nitrogens with one attached hydrogen (secondary N) is 1. The van der Waals surface area contributed by atoms with Crippen LogP contribution in [-0.2, 0) is 9.59 Å². The lowest BCUT2D eigenvalue weighted by atomic mass is 9.88. The van der Waals surface area contributed by atoms with Gasteiger partial charge in [-0.25, -0.2) is 0 Å². The van der Waals surface area contributed by atoms with Crippen molar-refractivity contribution in [2.75, 3.05) is 18.0 Å². The summed E-state index contributed by atoms with van der Waals surface area (Å²) in [6.07, 6.45) is -3.09. The van der Waals surface area contributed by atoms with Gasteiger partial charge in [0.15, 0.2) is 0 Å². The maximum atomic E-state index is 13.1. The van der Waals surface area contributed by atoms with Gasteiger partial charge in [0.1, 0.15) is 0 Å². The lowest BCUT2D eigenvalue weighted by Gasteiger charge is -2.30. The van der Waals surface area contributed by atoms with E-state index in [4.69, 9.17) is 0 Å². The molecule has 0 saturated heterocycles. The maximum absolute atomic E-state index is 13.1. The molecule has 1 fully saturated rings. The molecule has 0 heterocycles. The van der Waals surface area contributed by atoms with E-state index in [2.05, 4.69) is 0 Å². The van der Waals surface area contributed by atoms with Gasteiger partial charge >= 0.3 is 24.2 Å². The van der Waals surface area contributed by atoms with Crippen LogP contribution in [0.1, 0.15) is 37.7 Å². The van der Waals surface area contributed by atoms with Crippen molar-refractivity contribution in [1.29, 1.82) is 0 Å². The van der Waals surface area contributed by atoms with Crippen LogP contribution in [0.25, 0.3) is 6.08 Å². The molecule has 0 unspecified atom stereocenters. The van der Waals surface area contributed by atoms with Crippen LogP contribution in [0.3, 0.4) is 0 Å². The summed E-state index contributed by atoms with van der Waals surface area (Å²) in [5, 5.41) is 1.66. The first kappa shape index (κ1) is 23.8. The van der Waals surface area contributed by atoms with Gasteiger partial charge in [0.05, 0.1) is 0 Å². The predicted octanol–water partition coefficient (Wildman–Crippen LogP) is 4.85. The highest BCUT2D eigenvalue weighted by atomic mass is 19.4. The zero-order valence-corrected chi connectivity index (χ0v) is 16.0. The largest absolute Gasteiger partial charge is 0.471 e. The molecular formula is C20H22F6N2O2. The normalized spacial score (nSPS) is 15.9. The predicted molar refractivity (Wildman–Crippen MR) is 99.5 cm³/mol. The van der Waals surface area contributed by atoms with Crippen LogP contribution in [0.2, 0.25) is 0 Å². The van der Waals surface area contributed by atoms with E-state index in [9.17, 15) is 35.9 Å². The molecule has 0 aromatic heterocycles. The van der Waals surface area contributed by atoms with Crippen LogP contribution in [-0.4, -0.2) is 37.3 Å². The second kappa shape index (κ2) is 9.99. The third-order valence-electron chi connectivity index (χ3n) is 4.78. The molecular weight excluding hydrogens is 414 g/mol. The fourth-order valence-corrected chi connectivity index (χ4v) is 3.33. The quantitative estimate of drug-likeness (QED) is 0.648. The molecule has 0 aliphatic heterocycles. The molecule has 0 radical (unpaired) electrons. The Morgan fingerprint density at radius 3 is 2.30 bits per heavy atom. The third-order valence-corrected chi connectivity index (χ3v) is 4.78. The van der Waals surface area contributed by atoms with Crippen LogP contribution in [0, 0.1) is 5.92 Å². The van der Waals surface area contributed by atoms with Crippen molar-refractivity contribution in [2.45, 2.75) is 44.5 Å². The van der Waals surface area contributed by atoms with Crippen molar-refractivity contribution in [3.63, 3.8) is 0 Å². The molecule has 0 spiro atoms. The Morgan fingerprint density at radius 2 is 1.70 bits per heavy atom. The highest BCUT2D eigenvalue weighted by Crippen LogP contribution is 2.30. The lowest BCUT2D eigenvalue weighted by Crippen LogP contribution is -2.44. The first-order chi connectivity index (χ1) is 14.0. The molecule has 0 atom stereocenters. The molecule has 1 aliphatic carbocycles. The Hall–Kier alpha value is -2.52. The van der Waals surface area contributed by atoms with Crippen molar-refractivity contribution >= 4 is 23.6 Å². The number of hydrogen-bond donors (Lipinski definition) is 1. The summed E-state index contributed by atoms with van der Waals surface area (Å²) in [5.41, 5.74) is 0.446.